The Labute approximate surface area is 90.0 Å². The van der Waals surface area contributed by atoms with Crippen LogP contribution in [0.25, 0.3) is 0 Å². The molecule has 0 unspecified atom stereocenters. The van der Waals surface area contributed by atoms with E-state index in [1.54, 1.807) is 0 Å². The molecule has 0 atom stereocenters. The smallest absolute Gasteiger partial charge is 0.267 e. The highest BCUT2D eigenvalue weighted by Gasteiger charge is 2.57. The molecule has 88 valence electrons. The van der Waals surface area contributed by atoms with E-state index in [9.17, 15) is 8.78 Å². The number of nitrogens with zero attached hydrogens (tertiary/aromatic N) is 1. The minimum Gasteiger partial charge on any atom is -0.310 e. The van der Waals surface area contributed by atoms with Crippen molar-refractivity contribution < 1.29 is 8.78 Å². The predicted molar refractivity (Wildman–Crippen MR) is 56.2 cm³/mol. The van der Waals surface area contributed by atoms with Crippen molar-refractivity contribution in [2.75, 3.05) is 26.2 Å². The number of alkyl halides is 2. The number of hydrogen-bond donors (Lipinski definition) is 1. The molecule has 1 spiro atoms. The zero-order valence-electron chi connectivity index (χ0n) is 9.52. The normalized spacial score (nSPS) is 30.2. The Balaban J connectivity index is 2.03. The summed E-state index contributed by atoms with van der Waals surface area (Å²) in [7, 11) is 0. The molecular weight excluding hydrogens is 198 g/mol. The van der Waals surface area contributed by atoms with Crippen LogP contribution in [0.5, 0.6) is 0 Å². The minimum absolute atomic E-state index is 0.130. The van der Waals surface area contributed by atoms with E-state index in [1.165, 1.54) is 0 Å². The van der Waals surface area contributed by atoms with Crippen molar-refractivity contribution in [1.82, 2.24) is 10.2 Å². The van der Waals surface area contributed by atoms with Crippen molar-refractivity contribution in [3.63, 3.8) is 0 Å². The van der Waals surface area contributed by atoms with Gasteiger partial charge in [-0.2, -0.15) is 0 Å². The van der Waals surface area contributed by atoms with Gasteiger partial charge in [-0.15, -0.1) is 0 Å². The highest BCUT2D eigenvalue weighted by molar-refractivity contribution is 5.03. The molecule has 0 aromatic heterocycles. The maximum atomic E-state index is 13.7. The van der Waals surface area contributed by atoms with Gasteiger partial charge in [0.15, 0.2) is 0 Å². The fraction of sp³-hybridized carbons (Fsp3) is 1.00. The van der Waals surface area contributed by atoms with Gasteiger partial charge in [0.05, 0.1) is 12.0 Å². The number of likely N-dealkylation sites (tertiary alicyclic amines) is 1. The highest BCUT2D eigenvalue weighted by Crippen LogP contribution is 2.47. The standard InChI is InChI=1S/C11H20F2N2/c1-9(2)15-5-3-10(4-6-15)7-14-8-11(10,12)13/h9,14H,3-8H2,1-2H3. The van der Waals surface area contributed by atoms with Crippen molar-refractivity contribution in [2.45, 2.75) is 38.7 Å². The quantitative estimate of drug-likeness (QED) is 0.721. The number of piperidine rings is 1. The summed E-state index contributed by atoms with van der Waals surface area (Å²) in [6.07, 6.45) is 1.26. The maximum absolute atomic E-state index is 13.7. The summed E-state index contributed by atoms with van der Waals surface area (Å²) in [6.45, 7) is 6.25. The molecule has 2 heterocycles. The number of rotatable bonds is 1. The second-order valence-electron chi connectivity index (χ2n) is 5.22. The Kier molecular flexibility index (Phi) is 2.75. The molecular formula is C11H20F2N2. The van der Waals surface area contributed by atoms with Crippen molar-refractivity contribution in [1.29, 1.82) is 0 Å². The fourth-order valence-corrected chi connectivity index (χ4v) is 2.79. The summed E-state index contributed by atoms with van der Waals surface area (Å²) in [5.41, 5.74) is -0.752. The van der Waals surface area contributed by atoms with Gasteiger partial charge in [0.25, 0.3) is 5.92 Å². The Morgan fingerprint density at radius 1 is 1.13 bits per heavy atom. The van der Waals surface area contributed by atoms with Gasteiger partial charge in [-0.1, -0.05) is 0 Å². The molecule has 2 saturated heterocycles. The van der Waals surface area contributed by atoms with Crippen LogP contribution < -0.4 is 5.32 Å². The first-order valence-electron chi connectivity index (χ1n) is 5.79. The van der Waals surface area contributed by atoms with E-state index >= 15 is 0 Å². The third kappa shape index (κ3) is 1.78. The van der Waals surface area contributed by atoms with Crippen molar-refractivity contribution in [3.05, 3.63) is 0 Å². The zero-order valence-corrected chi connectivity index (χ0v) is 9.52. The molecule has 2 rings (SSSR count). The predicted octanol–water partition coefficient (Wildman–Crippen LogP) is 1.72. The lowest BCUT2D eigenvalue weighted by molar-refractivity contribution is -0.111. The Morgan fingerprint density at radius 3 is 2.13 bits per heavy atom. The SMILES string of the molecule is CC(C)N1CCC2(CC1)CNCC2(F)F. The van der Waals surface area contributed by atoms with Crippen molar-refractivity contribution >= 4 is 0 Å². The van der Waals surface area contributed by atoms with Gasteiger partial charge in [-0.3, -0.25) is 0 Å². The van der Waals surface area contributed by atoms with Crippen LogP contribution in [0.3, 0.4) is 0 Å². The molecule has 0 aromatic rings. The van der Waals surface area contributed by atoms with Crippen LogP contribution in [0.2, 0.25) is 0 Å². The molecule has 4 heteroatoms. The van der Waals surface area contributed by atoms with E-state index in [-0.39, 0.29) is 6.54 Å². The second kappa shape index (κ2) is 3.67. The van der Waals surface area contributed by atoms with Crippen molar-refractivity contribution in [2.24, 2.45) is 5.41 Å². The van der Waals surface area contributed by atoms with Crippen molar-refractivity contribution in [3.8, 4) is 0 Å². The summed E-state index contributed by atoms with van der Waals surface area (Å²) in [5, 5.41) is 2.85. The molecule has 0 amide bonds. The lowest BCUT2D eigenvalue weighted by Crippen LogP contribution is -2.50. The Hall–Kier alpha value is -0.220. The molecule has 15 heavy (non-hydrogen) atoms. The lowest BCUT2D eigenvalue weighted by atomic mass is 9.75. The molecule has 0 bridgehead atoms. The van der Waals surface area contributed by atoms with E-state index < -0.39 is 11.3 Å². The molecule has 0 aliphatic carbocycles. The summed E-state index contributed by atoms with van der Waals surface area (Å²) < 4.78 is 27.5. The molecule has 2 aliphatic heterocycles. The molecule has 1 N–H and O–H groups in total. The molecule has 0 aromatic carbocycles. The third-order valence-electron chi connectivity index (χ3n) is 4.07. The maximum Gasteiger partial charge on any atom is 0.267 e. The summed E-state index contributed by atoms with van der Waals surface area (Å²) >= 11 is 0. The molecule has 2 fully saturated rings. The Bertz CT molecular complexity index is 233. The van der Waals surface area contributed by atoms with Gasteiger partial charge in [0.1, 0.15) is 0 Å². The average Bonchev–Trinajstić information content (AvgIpc) is 2.43. The second-order valence-corrected chi connectivity index (χ2v) is 5.22. The third-order valence-corrected chi connectivity index (χ3v) is 4.07. The van der Waals surface area contributed by atoms with Crippen LogP contribution in [0.4, 0.5) is 8.78 Å². The van der Waals surface area contributed by atoms with Crippen LogP contribution in [-0.4, -0.2) is 43.0 Å². The largest absolute Gasteiger partial charge is 0.310 e. The first-order valence-corrected chi connectivity index (χ1v) is 5.79. The monoisotopic (exact) mass is 218 g/mol. The Morgan fingerprint density at radius 2 is 1.73 bits per heavy atom. The number of halogens is 2. The minimum atomic E-state index is -2.50. The molecule has 0 radical (unpaired) electrons. The number of nitrogens with one attached hydrogen (secondary N) is 1. The lowest BCUT2D eigenvalue weighted by Gasteiger charge is -2.43. The van der Waals surface area contributed by atoms with Gasteiger partial charge < -0.3 is 10.2 Å². The van der Waals surface area contributed by atoms with Gasteiger partial charge in [0.2, 0.25) is 0 Å². The number of hydrogen-bond acceptors (Lipinski definition) is 2. The van der Waals surface area contributed by atoms with Gasteiger partial charge >= 0.3 is 0 Å². The molecule has 0 saturated carbocycles. The zero-order chi connectivity index (χ0) is 11.1. The van der Waals surface area contributed by atoms with Crippen LogP contribution in [0.1, 0.15) is 26.7 Å². The topological polar surface area (TPSA) is 15.3 Å². The highest BCUT2D eigenvalue weighted by atomic mass is 19.3. The van der Waals surface area contributed by atoms with Gasteiger partial charge in [-0.25, -0.2) is 8.78 Å². The van der Waals surface area contributed by atoms with Crippen LogP contribution >= 0.6 is 0 Å². The first kappa shape index (κ1) is 11.3. The van der Waals surface area contributed by atoms with E-state index in [4.69, 9.17) is 0 Å². The van der Waals surface area contributed by atoms with E-state index in [1.807, 2.05) is 0 Å². The molecule has 2 aliphatic rings. The van der Waals surface area contributed by atoms with Crippen LogP contribution in [0.15, 0.2) is 0 Å². The van der Waals surface area contributed by atoms with Crippen LogP contribution in [-0.2, 0) is 0 Å². The van der Waals surface area contributed by atoms with E-state index in [0.717, 1.165) is 13.1 Å². The fourth-order valence-electron chi connectivity index (χ4n) is 2.79. The average molecular weight is 218 g/mol. The summed E-state index contributed by atoms with van der Waals surface area (Å²) in [5.74, 6) is -2.50. The van der Waals surface area contributed by atoms with Crippen LogP contribution in [0, 0.1) is 5.41 Å². The summed E-state index contributed by atoms with van der Waals surface area (Å²) in [6, 6.07) is 0.477. The summed E-state index contributed by atoms with van der Waals surface area (Å²) in [4.78, 5) is 2.29. The molecule has 2 nitrogen and oxygen atoms in total. The van der Waals surface area contributed by atoms with Gasteiger partial charge in [-0.05, 0) is 39.8 Å². The van der Waals surface area contributed by atoms with Gasteiger partial charge in [0, 0.05) is 12.6 Å². The first-order chi connectivity index (χ1) is 6.97. The van der Waals surface area contributed by atoms with E-state index in [0.29, 0.717) is 25.4 Å². The van der Waals surface area contributed by atoms with E-state index in [2.05, 4.69) is 24.1 Å².